The predicted octanol–water partition coefficient (Wildman–Crippen LogP) is 6.23. The summed E-state index contributed by atoms with van der Waals surface area (Å²) in [5.74, 6) is -3.05. The van der Waals surface area contributed by atoms with E-state index < -0.39 is 41.5 Å². The Kier molecular flexibility index (Phi) is 6.86. The smallest absolute Gasteiger partial charge is 0.317 e. The molecular weight excluding hydrogens is 457 g/mol. The van der Waals surface area contributed by atoms with Crippen LogP contribution in [0.15, 0.2) is 36.4 Å². The molecule has 0 unspecified atom stereocenters. The zero-order valence-electron chi connectivity index (χ0n) is 18.0. The number of rotatable bonds is 5. The molecule has 3 rings (SSSR count). The maximum atomic E-state index is 15.3. The lowest BCUT2D eigenvalue weighted by Gasteiger charge is -2.38. The van der Waals surface area contributed by atoms with Crippen LogP contribution in [-0.4, -0.2) is 29.1 Å². The molecule has 1 aliphatic heterocycles. The van der Waals surface area contributed by atoms with Gasteiger partial charge in [-0.3, -0.25) is 9.69 Å². The average Bonchev–Trinajstić information content (AvgIpc) is 2.95. The van der Waals surface area contributed by atoms with Crippen molar-refractivity contribution < 1.29 is 18.7 Å². The molecule has 0 saturated carbocycles. The van der Waals surface area contributed by atoms with E-state index in [2.05, 4.69) is 6.07 Å². The van der Waals surface area contributed by atoms with Crippen molar-refractivity contribution in [3.63, 3.8) is 0 Å². The molecule has 0 spiro atoms. The minimum Gasteiger partial charge on any atom is -0.480 e. The van der Waals surface area contributed by atoms with Crippen molar-refractivity contribution in [2.24, 2.45) is 11.3 Å². The third kappa shape index (κ3) is 4.47. The highest BCUT2D eigenvalue weighted by Crippen LogP contribution is 2.56. The Labute approximate surface area is 196 Å². The summed E-state index contributed by atoms with van der Waals surface area (Å²) in [4.78, 5) is 13.2. The highest BCUT2D eigenvalue weighted by atomic mass is 35.5. The number of nitrogens with zero attached hydrogens (tertiary/aromatic N) is 2. The van der Waals surface area contributed by atoms with Crippen molar-refractivity contribution in [3.8, 4) is 6.07 Å². The van der Waals surface area contributed by atoms with Crippen molar-refractivity contribution in [2.45, 2.75) is 38.6 Å². The van der Waals surface area contributed by atoms with Gasteiger partial charge in [-0.05, 0) is 36.0 Å². The fraction of sp³-hybridized carbons (Fsp3) is 0.417. The number of halogens is 4. The van der Waals surface area contributed by atoms with Gasteiger partial charge in [-0.2, -0.15) is 5.26 Å². The Hall–Kier alpha value is -2.20. The van der Waals surface area contributed by atoms with Gasteiger partial charge in [0.2, 0.25) is 0 Å². The van der Waals surface area contributed by atoms with Gasteiger partial charge in [0.1, 0.15) is 17.0 Å². The fourth-order valence-corrected chi connectivity index (χ4v) is 5.26. The summed E-state index contributed by atoms with van der Waals surface area (Å²) in [5.41, 5.74) is -1.70. The number of aliphatic carboxylic acids is 1. The molecule has 32 heavy (non-hydrogen) atoms. The van der Waals surface area contributed by atoms with E-state index in [1.807, 2.05) is 20.8 Å². The van der Waals surface area contributed by atoms with Crippen LogP contribution in [0.3, 0.4) is 0 Å². The van der Waals surface area contributed by atoms with Crippen molar-refractivity contribution in [3.05, 3.63) is 69.2 Å². The van der Waals surface area contributed by atoms with Gasteiger partial charge in [0.25, 0.3) is 0 Å². The van der Waals surface area contributed by atoms with Crippen LogP contribution in [0.5, 0.6) is 0 Å². The quantitative estimate of drug-likeness (QED) is 0.550. The Morgan fingerprint density at radius 2 is 1.97 bits per heavy atom. The lowest BCUT2D eigenvalue weighted by atomic mass is 9.63. The molecule has 4 nitrogen and oxygen atoms in total. The monoisotopic (exact) mass is 480 g/mol. The fourth-order valence-electron chi connectivity index (χ4n) is 4.92. The standard InChI is InChI=1S/C24H24Cl2F2N2O2/c1-23(2,3)10-14-11-30(12-20(31)32)22(16-5-4-6-18(26)21(16)28)24(14,13-29)17-8-7-15(25)9-19(17)27/h4-9,14,22H,10-12H2,1-3H3,(H,31,32)/t14-,22-,24-/m1/s1. The molecule has 0 radical (unpaired) electrons. The van der Waals surface area contributed by atoms with E-state index in [1.165, 1.54) is 35.2 Å². The third-order valence-electron chi connectivity index (χ3n) is 5.93. The lowest BCUT2D eigenvalue weighted by molar-refractivity contribution is -0.138. The van der Waals surface area contributed by atoms with Gasteiger partial charge < -0.3 is 5.11 Å². The predicted molar refractivity (Wildman–Crippen MR) is 120 cm³/mol. The molecule has 1 fully saturated rings. The van der Waals surface area contributed by atoms with Gasteiger partial charge in [-0.15, -0.1) is 0 Å². The molecule has 0 amide bonds. The number of carboxylic acid groups (broad SMARTS) is 1. The van der Waals surface area contributed by atoms with Crippen LogP contribution in [-0.2, 0) is 10.2 Å². The van der Waals surface area contributed by atoms with Crippen molar-refractivity contribution in [2.75, 3.05) is 13.1 Å². The Morgan fingerprint density at radius 1 is 1.28 bits per heavy atom. The SMILES string of the molecule is CC(C)(C)C[C@@H]1CN(CC(=O)O)[C@H](c2cccc(Cl)c2F)[C@@]1(C#N)c1ccc(Cl)cc1F. The van der Waals surface area contributed by atoms with Gasteiger partial charge in [-0.25, -0.2) is 8.78 Å². The molecule has 0 bridgehead atoms. The molecule has 2 aromatic rings. The number of benzene rings is 2. The first-order chi connectivity index (χ1) is 14.9. The van der Waals surface area contributed by atoms with E-state index in [0.29, 0.717) is 6.42 Å². The average molecular weight is 481 g/mol. The van der Waals surface area contributed by atoms with E-state index in [-0.39, 0.29) is 33.1 Å². The molecular formula is C24H24Cl2F2N2O2. The van der Waals surface area contributed by atoms with Crippen LogP contribution in [0.25, 0.3) is 0 Å². The number of hydrogen-bond donors (Lipinski definition) is 1. The largest absolute Gasteiger partial charge is 0.480 e. The van der Waals surface area contributed by atoms with Gasteiger partial charge in [0.15, 0.2) is 0 Å². The highest BCUT2D eigenvalue weighted by molar-refractivity contribution is 6.31. The van der Waals surface area contributed by atoms with Crippen LogP contribution in [0.1, 0.15) is 44.4 Å². The molecule has 1 aliphatic rings. The molecule has 2 aromatic carbocycles. The first kappa shape index (κ1) is 24.4. The van der Waals surface area contributed by atoms with E-state index in [4.69, 9.17) is 23.2 Å². The normalized spacial score (nSPS) is 23.8. The van der Waals surface area contributed by atoms with Crippen molar-refractivity contribution >= 4 is 29.2 Å². The second-order valence-corrected chi connectivity index (χ2v) is 10.3. The Morgan fingerprint density at radius 3 is 2.53 bits per heavy atom. The van der Waals surface area contributed by atoms with Gasteiger partial charge >= 0.3 is 5.97 Å². The molecule has 8 heteroatoms. The third-order valence-corrected chi connectivity index (χ3v) is 6.46. The number of carboxylic acids is 1. The molecule has 1 N–H and O–H groups in total. The van der Waals surface area contributed by atoms with E-state index >= 15 is 8.78 Å². The maximum absolute atomic E-state index is 15.3. The van der Waals surface area contributed by atoms with Crippen molar-refractivity contribution in [1.29, 1.82) is 5.26 Å². The van der Waals surface area contributed by atoms with Crippen LogP contribution >= 0.6 is 23.2 Å². The van der Waals surface area contributed by atoms with E-state index in [1.54, 1.807) is 0 Å². The summed E-state index contributed by atoms with van der Waals surface area (Å²) in [6.07, 6.45) is 0.484. The zero-order valence-corrected chi connectivity index (χ0v) is 19.5. The minimum atomic E-state index is -1.57. The van der Waals surface area contributed by atoms with Crippen LogP contribution < -0.4 is 0 Å². The molecule has 0 aliphatic carbocycles. The lowest BCUT2D eigenvalue weighted by Crippen LogP contribution is -2.40. The Balaban J connectivity index is 2.36. The molecule has 1 saturated heterocycles. The van der Waals surface area contributed by atoms with Crippen LogP contribution in [0.4, 0.5) is 8.78 Å². The number of carbonyl (C=O) groups is 1. The molecule has 170 valence electrons. The first-order valence-corrected chi connectivity index (χ1v) is 10.9. The zero-order chi connectivity index (χ0) is 23.8. The summed E-state index contributed by atoms with van der Waals surface area (Å²) in [7, 11) is 0. The van der Waals surface area contributed by atoms with Gasteiger partial charge in [0.05, 0.1) is 23.7 Å². The maximum Gasteiger partial charge on any atom is 0.317 e. The first-order valence-electron chi connectivity index (χ1n) is 10.2. The number of nitriles is 1. The second kappa shape index (κ2) is 8.97. The van der Waals surface area contributed by atoms with E-state index in [0.717, 1.165) is 6.07 Å². The van der Waals surface area contributed by atoms with Gasteiger partial charge in [0, 0.05) is 22.7 Å². The topological polar surface area (TPSA) is 64.3 Å². The molecule has 1 heterocycles. The van der Waals surface area contributed by atoms with Crippen LogP contribution in [0.2, 0.25) is 10.0 Å². The summed E-state index contributed by atoms with van der Waals surface area (Å²) in [6.45, 7) is 5.71. The summed E-state index contributed by atoms with van der Waals surface area (Å²) >= 11 is 12.0. The highest BCUT2D eigenvalue weighted by Gasteiger charge is 2.58. The Bertz CT molecular complexity index is 1080. The molecule has 0 aromatic heterocycles. The minimum absolute atomic E-state index is 0.0612. The van der Waals surface area contributed by atoms with Gasteiger partial charge in [-0.1, -0.05) is 62.2 Å². The van der Waals surface area contributed by atoms with Crippen molar-refractivity contribution in [1.82, 2.24) is 4.90 Å². The number of likely N-dealkylation sites (tertiary alicyclic amines) is 1. The molecule has 3 atom stereocenters. The summed E-state index contributed by atoms with van der Waals surface area (Å²) in [6, 6.07) is 9.67. The summed E-state index contributed by atoms with van der Waals surface area (Å²) < 4.78 is 30.6. The van der Waals surface area contributed by atoms with Crippen LogP contribution in [0, 0.1) is 34.3 Å². The second-order valence-electron chi connectivity index (χ2n) is 9.44. The number of hydrogen-bond acceptors (Lipinski definition) is 3. The summed E-state index contributed by atoms with van der Waals surface area (Å²) in [5, 5.41) is 20.2. The van der Waals surface area contributed by atoms with E-state index in [9.17, 15) is 15.2 Å².